The number of rotatable bonds is 5. The van der Waals surface area contributed by atoms with Crippen molar-refractivity contribution in [3.63, 3.8) is 0 Å². The van der Waals surface area contributed by atoms with Crippen molar-refractivity contribution in [3.8, 4) is 22.5 Å². The number of aliphatic carboxylic acids is 1. The van der Waals surface area contributed by atoms with E-state index < -0.39 is 12.0 Å². The number of carboxylic acids is 1. The molecule has 0 saturated carbocycles. The quantitative estimate of drug-likeness (QED) is 0.399. The summed E-state index contributed by atoms with van der Waals surface area (Å²) in [5.74, 6) is 0.0792. The number of hydrogen-bond donors (Lipinski definition) is 1. The van der Waals surface area contributed by atoms with Crippen LogP contribution in [0.5, 0.6) is 0 Å². The van der Waals surface area contributed by atoms with Crippen molar-refractivity contribution in [2.24, 2.45) is 0 Å². The molecule has 0 spiro atoms. The smallest absolute Gasteiger partial charge is 0.320 e. The second-order valence-corrected chi connectivity index (χ2v) is 8.89. The Morgan fingerprint density at radius 1 is 1.06 bits per heavy atom. The Morgan fingerprint density at radius 3 is 2.64 bits per heavy atom. The maximum atomic E-state index is 11.7. The van der Waals surface area contributed by atoms with E-state index in [1.165, 1.54) is 16.7 Å². The molecule has 4 aromatic rings. The molecule has 1 aliphatic heterocycles. The third-order valence-corrected chi connectivity index (χ3v) is 6.67. The number of fused-ring (bicyclic) bond motifs is 1. The summed E-state index contributed by atoms with van der Waals surface area (Å²) in [5.41, 5.74) is 7.11. The zero-order chi connectivity index (χ0) is 22.9. The maximum absolute atomic E-state index is 11.7. The predicted octanol–water partition coefficient (Wildman–Crippen LogP) is 6.22. The van der Waals surface area contributed by atoms with Gasteiger partial charge in [0.2, 0.25) is 0 Å². The van der Waals surface area contributed by atoms with Crippen molar-refractivity contribution in [2.75, 3.05) is 6.54 Å². The van der Waals surface area contributed by atoms with Gasteiger partial charge >= 0.3 is 5.97 Å². The SMILES string of the molecule is Cc1c(-c2ccccc2)cccc1-c1cc2cc(CN3CCCC[C@H]3C(=O)O)nc(C)c2o1. The Bertz CT molecular complexity index is 1310. The first-order valence-corrected chi connectivity index (χ1v) is 11.5. The number of carbonyl (C=O) groups is 1. The van der Waals surface area contributed by atoms with Crippen molar-refractivity contribution < 1.29 is 14.3 Å². The molecule has 0 bridgehead atoms. The Labute approximate surface area is 193 Å². The van der Waals surface area contributed by atoms with Crippen LogP contribution >= 0.6 is 0 Å². The van der Waals surface area contributed by atoms with Gasteiger partial charge in [-0.15, -0.1) is 0 Å². The molecule has 2 aromatic carbocycles. The highest BCUT2D eigenvalue weighted by Crippen LogP contribution is 2.35. The number of carboxylic acid groups (broad SMARTS) is 1. The van der Waals surface area contributed by atoms with Gasteiger partial charge in [-0.25, -0.2) is 0 Å². The second-order valence-electron chi connectivity index (χ2n) is 8.89. The highest BCUT2D eigenvalue weighted by molar-refractivity contribution is 5.86. The van der Waals surface area contributed by atoms with E-state index in [4.69, 9.17) is 9.40 Å². The van der Waals surface area contributed by atoms with Crippen LogP contribution in [0.4, 0.5) is 0 Å². The van der Waals surface area contributed by atoms with Gasteiger partial charge < -0.3 is 9.52 Å². The highest BCUT2D eigenvalue weighted by atomic mass is 16.4. The number of furan rings is 1. The number of nitrogens with zero attached hydrogens (tertiary/aromatic N) is 2. The number of benzene rings is 2. The molecule has 0 radical (unpaired) electrons. The van der Waals surface area contributed by atoms with E-state index in [1.807, 2.05) is 24.0 Å². The summed E-state index contributed by atoms with van der Waals surface area (Å²) in [7, 11) is 0. The molecule has 0 unspecified atom stereocenters. The Kier molecular flexibility index (Phi) is 5.73. The van der Waals surface area contributed by atoms with Gasteiger partial charge in [-0.2, -0.15) is 0 Å². The van der Waals surface area contributed by atoms with E-state index >= 15 is 0 Å². The Hall–Kier alpha value is -3.44. The third-order valence-electron chi connectivity index (χ3n) is 6.67. The normalized spacial score (nSPS) is 16.8. The average molecular weight is 441 g/mol. The molecular formula is C28H28N2O3. The zero-order valence-electron chi connectivity index (χ0n) is 19.0. The van der Waals surface area contributed by atoms with Gasteiger partial charge in [-0.1, -0.05) is 55.0 Å². The van der Waals surface area contributed by atoms with Crippen LogP contribution in [0.1, 0.15) is 36.2 Å². The summed E-state index contributed by atoms with van der Waals surface area (Å²) in [6.07, 6.45) is 2.69. The summed E-state index contributed by atoms with van der Waals surface area (Å²) in [6.45, 7) is 5.41. The van der Waals surface area contributed by atoms with Crippen LogP contribution in [-0.2, 0) is 11.3 Å². The van der Waals surface area contributed by atoms with Gasteiger partial charge in [-0.05, 0) is 62.1 Å². The maximum Gasteiger partial charge on any atom is 0.320 e. The minimum atomic E-state index is -0.744. The summed E-state index contributed by atoms with van der Waals surface area (Å²) in [4.78, 5) is 18.5. The minimum absolute atomic E-state index is 0.431. The average Bonchev–Trinajstić information content (AvgIpc) is 3.24. The van der Waals surface area contributed by atoms with Gasteiger partial charge in [0.05, 0.1) is 11.4 Å². The van der Waals surface area contributed by atoms with Crippen molar-refractivity contribution in [1.82, 2.24) is 9.88 Å². The van der Waals surface area contributed by atoms with Crippen LogP contribution in [0.25, 0.3) is 33.4 Å². The van der Waals surface area contributed by atoms with Gasteiger partial charge in [0.25, 0.3) is 0 Å². The van der Waals surface area contributed by atoms with E-state index in [-0.39, 0.29) is 0 Å². The number of aromatic nitrogens is 1. The molecule has 1 N–H and O–H groups in total. The largest absolute Gasteiger partial charge is 0.480 e. The van der Waals surface area contributed by atoms with Gasteiger partial charge in [0, 0.05) is 17.5 Å². The molecule has 0 amide bonds. The first kappa shape index (κ1) is 21.4. The number of piperidine rings is 1. The fourth-order valence-electron chi connectivity index (χ4n) is 4.99. The predicted molar refractivity (Wildman–Crippen MR) is 130 cm³/mol. The molecule has 1 aliphatic rings. The first-order chi connectivity index (χ1) is 16.0. The Balaban J connectivity index is 1.50. The first-order valence-electron chi connectivity index (χ1n) is 11.5. The lowest BCUT2D eigenvalue weighted by Crippen LogP contribution is -2.44. The molecule has 5 nitrogen and oxygen atoms in total. The lowest BCUT2D eigenvalue weighted by atomic mass is 9.95. The highest BCUT2D eigenvalue weighted by Gasteiger charge is 2.28. The molecular weight excluding hydrogens is 412 g/mol. The van der Waals surface area contributed by atoms with E-state index in [9.17, 15) is 9.90 Å². The van der Waals surface area contributed by atoms with Crippen LogP contribution in [0.3, 0.4) is 0 Å². The summed E-state index contributed by atoms with van der Waals surface area (Å²) in [6, 6.07) is 20.4. The van der Waals surface area contributed by atoms with E-state index in [0.29, 0.717) is 13.0 Å². The number of aryl methyl sites for hydroxylation is 1. The number of hydrogen-bond acceptors (Lipinski definition) is 4. The van der Waals surface area contributed by atoms with Gasteiger partial charge in [-0.3, -0.25) is 14.7 Å². The van der Waals surface area contributed by atoms with E-state index in [0.717, 1.165) is 53.1 Å². The third kappa shape index (κ3) is 4.16. The van der Waals surface area contributed by atoms with Gasteiger partial charge in [0.1, 0.15) is 11.8 Å². The van der Waals surface area contributed by atoms with Crippen LogP contribution in [0.2, 0.25) is 0 Å². The minimum Gasteiger partial charge on any atom is -0.480 e. The van der Waals surface area contributed by atoms with Crippen molar-refractivity contribution in [3.05, 3.63) is 77.6 Å². The molecule has 3 heterocycles. The molecule has 1 atom stereocenters. The van der Waals surface area contributed by atoms with E-state index in [1.54, 1.807) is 0 Å². The van der Waals surface area contributed by atoms with Crippen molar-refractivity contribution in [1.29, 1.82) is 0 Å². The molecule has 2 aromatic heterocycles. The monoisotopic (exact) mass is 440 g/mol. The second kappa shape index (κ2) is 8.83. The number of pyridine rings is 1. The fraction of sp³-hybridized carbons (Fsp3) is 0.286. The van der Waals surface area contributed by atoms with Crippen molar-refractivity contribution >= 4 is 16.9 Å². The summed E-state index contributed by atoms with van der Waals surface area (Å²) < 4.78 is 6.29. The van der Waals surface area contributed by atoms with Crippen LogP contribution in [0.15, 0.2) is 65.1 Å². The molecule has 5 heteroatoms. The molecule has 5 rings (SSSR count). The van der Waals surface area contributed by atoms with Crippen molar-refractivity contribution in [2.45, 2.75) is 45.7 Å². The topological polar surface area (TPSA) is 66.6 Å². The molecule has 1 fully saturated rings. The van der Waals surface area contributed by atoms with E-state index in [2.05, 4.69) is 55.5 Å². The summed E-state index contributed by atoms with van der Waals surface area (Å²) >= 11 is 0. The fourth-order valence-corrected chi connectivity index (χ4v) is 4.99. The lowest BCUT2D eigenvalue weighted by Gasteiger charge is -2.32. The number of likely N-dealkylation sites (tertiary alicyclic amines) is 1. The molecule has 33 heavy (non-hydrogen) atoms. The Morgan fingerprint density at radius 2 is 1.85 bits per heavy atom. The van der Waals surface area contributed by atoms with Crippen LogP contribution in [0, 0.1) is 13.8 Å². The van der Waals surface area contributed by atoms with Crippen LogP contribution < -0.4 is 0 Å². The zero-order valence-corrected chi connectivity index (χ0v) is 19.0. The standard InChI is InChI=1S/C28H28N2O3/c1-18-23(20-9-4-3-5-10-20)11-8-12-24(18)26-16-21-15-22(29-19(2)27(21)33-26)17-30-14-7-6-13-25(30)28(31)32/h3-5,8-12,15-16,25H,6-7,13-14,17H2,1-2H3,(H,31,32)/t25-/m0/s1. The summed E-state index contributed by atoms with van der Waals surface area (Å²) in [5, 5.41) is 10.6. The van der Waals surface area contributed by atoms with Gasteiger partial charge in [0.15, 0.2) is 5.58 Å². The lowest BCUT2D eigenvalue weighted by molar-refractivity contribution is -0.144. The van der Waals surface area contributed by atoms with Crippen LogP contribution in [-0.4, -0.2) is 33.5 Å². The molecule has 0 aliphatic carbocycles. The molecule has 1 saturated heterocycles. The molecule has 168 valence electrons.